The van der Waals surface area contributed by atoms with Gasteiger partial charge in [0, 0.05) is 11.3 Å². The van der Waals surface area contributed by atoms with E-state index in [9.17, 15) is 9.59 Å². The lowest BCUT2D eigenvalue weighted by Gasteiger charge is -2.13. The van der Waals surface area contributed by atoms with Crippen LogP contribution in [0.25, 0.3) is 0 Å². The van der Waals surface area contributed by atoms with Crippen molar-refractivity contribution in [3.63, 3.8) is 0 Å². The van der Waals surface area contributed by atoms with E-state index in [0.717, 1.165) is 12.8 Å². The Labute approximate surface area is 165 Å². The van der Waals surface area contributed by atoms with Gasteiger partial charge in [0.1, 0.15) is 0 Å². The number of para-hydroxylation sites is 1. The molecule has 0 radical (unpaired) electrons. The highest BCUT2D eigenvalue weighted by Crippen LogP contribution is 2.29. The normalized spacial score (nSPS) is 10.2. The molecule has 2 aromatic rings. The summed E-state index contributed by atoms with van der Waals surface area (Å²) in [6, 6.07) is 12.2. The number of nitrogens with one attached hydrogen (secondary N) is 1. The van der Waals surface area contributed by atoms with E-state index >= 15 is 0 Å². The first-order valence-corrected chi connectivity index (χ1v) is 9.44. The summed E-state index contributed by atoms with van der Waals surface area (Å²) in [5.74, 6) is 0.480. The highest BCUT2D eigenvalue weighted by Gasteiger charge is 2.14. The standard InChI is InChI=1S/C22H27NO5/c1-4-6-13-28-19-12-11-17(14-20(19)26-3)22(25)23-18-10-8-7-9-16(18)15-21(24)27-5-2/h7-12,14H,4-6,13,15H2,1-3H3,(H,23,25). The van der Waals surface area contributed by atoms with Gasteiger partial charge in [0.05, 0.1) is 26.7 Å². The molecular weight excluding hydrogens is 358 g/mol. The molecule has 1 N–H and O–H groups in total. The third-order valence-electron chi connectivity index (χ3n) is 4.09. The summed E-state index contributed by atoms with van der Waals surface area (Å²) in [6.45, 7) is 4.77. The Morgan fingerprint density at radius 1 is 1.04 bits per heavy atom. The van der Waals surface area contributed by atoms with Gasteiger partial charge in [-0.3, -0.25) is 9.59 Å². The Balaban J connectivity index is 2.13. The zero-order valence-corrected chi connectivity index (χ0v) is 16.6. The molecular formula is C22H27NO5. The molecule has 1 amide bonds. The molecule has 0 aromatic heterocycles. The van der Waals surface area contributed by atoms with E-state index < -0.39 is 0 Å². The molecule has 0 heterocycles. The van der Waals surface area contributed by atoms with Crippen molar-refractivity contribution in [3.8, 4) is 11.5 Å². The average Bonchev–Trinajstić information content (AvgIpc) is 2.70. The van der Waals surface area contributed by atoms with Crippen LogP contribution >= 0.6 is 0 Å². The van der Waals surface area contributed by atoms with Crippen molar-refractivity contribution < 1.29 is 23.8 Å². The maximum Gasteiger partial charge on any atom is 0.310 e. The Hall–Kier alpha value is -3.02. The second kappa shape index (κ2) is 11.0. The lowest BCUT2D eigenvalue weighted by atomic mass is 10.1. The summed E-state index contributed by atoms with van der Waals surface area (Å²) in [7, 11) is 1.54. The van der Waals surface area contributed by atoms with E-state index in [1.54, 1.807) is 50.4 Å². The number of esters is 1. The predicted molar refractivity (Wildman–Crippen MR) is 108 cm³/mol. The monoisotopic (exact) mass is 385 g/mol. The Bertz CT molecular complexity index is 803. The first-order valence-electron chi connectivity index (χ1n) is 9.44. The van der Waals surface area contributed by atoms with Gasteiger partial charge >= 0.3 is 5.97 Å². The number of carbonyl (C=O) groups excluding carboxylic acids is 2. The summed E-state index contributed by atoms with van der Waals surface area (Å²) in [4.78, 5) is 24.5. The highest BCUT2D eigenvalue weighted by atomic mass is 16.5. The molecule has 0 saturated carbocycles. The zero-order chi connectivity index (χ0) is 20.4. The first kappa shape index (κ1) is 21.3. The molecule has 0 aliphatic heterocycles. The SMILES string of the molecule is CCCCOc1ccc(C(=O)Nc2ccccc2CC(=O)OCC)cc1OC. The average molecular weight is 385 g/mol. The van der Waals surface area contributed by atoms with E-state index in [1.165, 1.54) is 0 Å². The van der Waals surface area contributed by atoms with Gasteiger partial charge in [0.2, 0.25) is 0 Å². The third-order valence-corrected chi connectivity index (χ3v) is 4.09. The van der Waals surface area contributed by atoms with Gasteiger partial charge in [0.25, 0.3) is 5.91 Å². The van der Waals surface area contributed by atoms with Gasteiger partial charge in [-0.2, -0.15) is 0 Å². The van der Waals surface area contributed by atoms with Gasteiger partial charge in [-0.05, 0) is 43.2 Å². The van der Waals surface area contributed by atoms with Crippen LogP contribution < -0.4 is 14.8 Å². The van der Waals surface area contributed by atoms with Crippen molar-refractivity contribution in [2.45, 2.75) is 33.1 Å². The molecule has 28 heavy (non-hydrogen) atoms. The van der Waals surface area contributed by atoms with Gasteiger partial charge in [-0.15, -0.1) is 0 Å². The van der Waals surface area contributed by atoms with Crippen molar-refractivity contribution in [1.29, 1.82) is 0 Å². The lowest BCUT2D eigenvalue weighted by Crippen LogP contribution is -2.15. The maximum absolute atomic E-state index is 12.7. The Morgan fingerprint density at radius 3 is 2.54 bits per heavy atom. The van der Waals surface area contributed by atoms with Crippen LogP contribution in [-0.2, 0) is 16.0 Å². The number of hydrogen-bond acceptors (Lipinski definition) is 5. The lowest BCUT2D eigenvalue weighted by molar-refractivity contribution is -0.142. The van der Waals surface area contributed by atoms with E-state index in [0.29, 0.717) is 41.5 Å². The van der Waals surface area contributed by atoms with Crippen LogP contribution in [0, 0.1) is 0 Å². The van der Waals surface area contributed by atoms with Crippen LogP contribution in [0.5, 0.6) is 11.5 Å². The Morgan fingerprint density at radius 2 is 1.82 bits per heavy atom. The number of ether oxygens (including phenoxy) is 3. The van der Waals surface area contributed by atoms with Crippen LogP contribution in [0.3, 0.4) is 0 Å². The molecule has 2 aromatic carbocycles. The van der Waals surface area contributed by atoms with Crippen molar-refractivity contribution >= 4 is 17.6 Å². The minimum atomic E-state index is -0.334. The van der Waals surface area contributed by atoms with E-state index in [1.807, 2.05) is 6.07 Å². The third kappa shape index (κ3) is 6.01. The Kier molecular flexibility index (Phi) is 8.34. The number of benzene rings is 2. The van der Waals surface area contributed by atoms with Gasteiger partial charge in [0.15, 0.2) is 11.5 Å². The van der Waals surface area contributed by atoms with Gasteiger partial charge < -0.3 is 19.5 Å². The predicted octanol–water partition coefficient (Wildman–Crippen LogP) is 4.23. The number of hydrogen-bond donors (Lipinski definition) is 1. The molecule has 0 unspecified atom stereocenters. The van der Waals surface area contributed by atoms with Crippen LogP contribution in [0.15, 0.2) is 42.5 Å². The fourth-order valence-corrected chi connectivity index (χ4v) is 2.61. The van der Waals surface area contributed by atoms with Crippen molar-refractivity contribution in [2.24, 2.45) is 0 Å². The molecule has 0 aliphatic rings. The van der Waals surface area contributed by atoms with Crippen molar-refractivity contribution in [1.82, 2.24) is 0 Å². The first-order chi connectivity index (χ1) is 13.6. The topological polar surface area (TPSA) is 73.9 Å². The smallest absolute Gasteiger partial charge is 0.310 e. The zero-order valence-electron chi connectivity index (χ0n) is 16.6. The summed E-state index contributed by atoms with van der Waals surface area (Å²) >= 11 is 0. The highest BCUT2D eigenvalue weighted by molar-refractivity contribution is 6.05. The molecule has 150 valence electrons. The second-order valence-electron chi connectivity index (χ2n) is 6.16. The summed E-state index contributed by atoms with van der Waals surface area (Å²) < 4.78 is 16.0. The fraction of sp³-hybridized carbons (Fsp3) is 0.364. The molecule has 0 aliphatic carbocycles. The number of carbonyl (C=O) groups is 2. The number of anilines is 1. The van der Waals surface area contributed by atoms with E-state index in [2.05, 4.69) is 12.2 Å². The van der Waals surface area contributed by atoms with Crippen molar-refractivity contribution in [2.75, 3.05) is 25.6 Å². The van der Waals surface area contributed by atoms with Gasteiger partial charge in [-0.25, -0.2) is 0 Å². The van der Waals surface area contributed by atoms with Gasteiger partial charge in [-0.1, -0.05) is 31.5 Å². The summed E-state index contributed by atoms with van der Waals surface area (Å²) in [5.41, 5.74) is 1.70. The largest absolute Gasteiger partial charge is 0.493 e. The van der Waals surface area contributed by atoms with E-state index in [-0.39, 0.29) is 18.3 Å². The second-order valence-corrected chi connectivity index (χ2v) is 6.16. The molecule has 2 rings (SSSR count). The molecule has 6 heteroatoms. The molecule has 0 spiro atoms. The quantitative estimate of drug-likeness (QED) is 0.489. The van der Waals surface area contributed by atoms with Crippen LogP contribution in [0.1, 0.15) is 42.6 Å². The minimum absolute atomic E-state index is 0.0951. The van der Waals surface area contributed by atoms with Crippen LogP contribution in [0.4, 0.5) is 5.69 Å². The summed E-state index contributed by atoms with van der Waals surface area (Å²) in [6.07, 6.45) is 2.08. The number of rotatable bonds is 10. The van der Waals surface area contributed by atoms with Crippen LogP contribution in [0.2, 0.25) is 0 Å². The number of methoxy groups -OCH3 is 1. The number of unbranched alkanes of at least 4 members (excludes halogenated alkanes) is 1. The fourth-order valence-electron chi connectivity index (χ4n) is 2.61. The summed E-state index contributed by atoms with van der Waals surface area (Å²) in [5, 5.41) is 2.85. The molecule has 0 atom stereocenters. The maximum atomic E-state index is 12.7. The number of amides is 1. The van der Waals surface area contributed by atoms with Crippen molar-refractivity contribution in [3.05, 3.63) is 53.6 Å². The minimum Gasteiger partial charge on any atom is -0.493 e. The molecule has 0 fully saturated rings. The van der Waals surface area contributed by atoms with E-state index in [4.69, 9.17) is 14.2 Å². The molecule has 6 nitrogen and oxygen atoms in total. The van der Waals surface area contributed by atoms with Crippen LogP contribution in [-0.4, -0.2) is 32.2 Å². The molecule has 0 bridgehead atoms. The molecule has 0 saturated heterocycles.